The van der Waals surface area contributed by atoms with Gasteiger partial charge in [-0.1, -0.05) is 0 Å². The summed E-state index contributed by atoms with van der Waals surface area (Å²) in [5.41, 5.74) is 2.34. The van der Waals surface area contributed by atoms with E-state index in [0.29, 0.717) is 0 Å². The smallest absolute Gasteiger partial charge is 0.126 e. The maximum Gasteiger partial charge on any atom is 0.126 e. The number of aryl methyl sites for hydroxylation is 3. The third kappa shape index (κ3) is 2.75. The normalized spacial score (nSPS) is 12.5. The molecule has 0 radical (unpaired) electrons. The van der Waals surface area contributed by atoms with Crippen LogP contribution in [-0.4, -0.2) is 4.98 Å². The minimum Gasteiger partial charge on any atom is -0.466 e. The molecule has 2 aromatic heterocycles. The summed E-state index contributed by atoms with van der Waals surface area (Å²) in [6.45, 7) is 8.11. The molecule has 4 heteroatoms. The lowest BCUT2D eigenvalue weighted by Gasteiger charge is -2.14. The Morgan fingerprint density at radius 2 is 2.00 bits per heavy atom. The molecule has 2 aromatic rings. The van der Waals surface area contributed by atoms with Gasteiger partial charge in [0.2, 0.25) is 0 Å². The van der Waals surface area contributed by atoms with E-state index < -0.39 is 0 Å². The summed E-state index contributed by atoms with van der Waals surface area (Å²) < 4.78 is 6.57. The lowest BCUT2D eigenvalue weighted by atomic mass is 10.1. The van der Waals surface area contributed by atoms with E-state index >= 15 is 0 Å². The van der Waals surface area contributed by atoms with Crippen molar-refractivity contribution in [3.63, 3.8) is 0 Å². The molecular formula is C14H17BrN2O. The van der Waals surface area contributed by atoms with Crippen LogP contribution in [-0.2, 0) is 0 Å². The standard InChI is InChI=1S/C14H17BrN2O/c1-8-5-14(16-7-13(8)15)17-10(3)12-6-9(2)18-11(12)4/h5-7,10H,1-4H3,(H,16,17). The van der Waals surface area contributed by atoms with Crippen molar-refractivity contribution >= 4 is 21.7 Å². The Bertz CT molecular complexity index is 563. The Balaban J connectivity index is 2.18. The summed E-state index contributed by atoms with van der Waals surface area (Å²) in [7, 11) is 0. The molecule has 0 saturated carbocycles. The van der Waals surface area contributed by atoms with Crippen molar-refractivity contribution < 1.29 is 4.42 Å². The van der Waals surface area contributed by atoms with Gasteiger partial charge in [0.15, 0.2) is 0 Å². The first-order valence-corrected chi connectivity index (χ1v) is 6.72. The van der Waals surface area contributed by atoms with Crippen LogP contribution in [0.15, 0.2) is 27.2 Å². The second-order valence-corrected chi connectivity index (χ2v) is 5.41. The highest BCUT2D eigenvalue weighted by Gasteiger charge is 2.13. The van der Waals surface area contributed by atoms with Crippen LogP contribution in [0.3, 0.4) is 0 Å². The molecular weight excluding hydrogens is 292 g/mol. The number of aromatic nitrogens is 1. The van der Waals surface area contributed by atoms with Crippen LogP contribution in [0.2, 0.25) is 0 Å². The van der Waals surface area contributed by atoms with Crippen LogP contribution in [0.4, 0.5) is 5.82 Å². The van der Waals surface area contributed by atoms with E-state index in [1.165, 1.54) is 11.1 Å². The molecule has 0 amide bonds. The van der Waals surface area contributed by atoms with Gasteiger partial charge in [-0.2, -0.15) is 0 Å². The lowest BCUT2D eigenvalue weighted by molar-refractivity contribution is 0.500. The molecule has 1 N–H and O–H groups in total. The zero-order chi connectivity index (χ0) is 13.3. The average Bonchev–Trinajstić information content (AvgIpc) is 2.63. The lowest BCUT2D eigenvalue weighted by Crippen LogP contribution is -2.08. The van der Waals surface area contributed by atoms with Crippen molar-refractivity contribution in [3.8, 4) is 0 Å². The van der Waals surface area contributed by atoms with Crippen LogP contribution >= 0.6 is 15.9 Å². The summed E-state index contributed by atoms with van der Waals surface area (Å²) >= 11 is 3.45. The van der Waals surface area contributed by atoms with Gasteiger partial charge in [-0.15, -0.1) is 0 Å². The molecule has 2 rings (SSSR count). The quantitative estimate of drug-likeness (QED) is 0.905. The molecule has 1 atom stereocenters. The SMILES string of the molecule is Cc1cc(C(C)Nc2cc(C)c(Br)cn2)c(C)o1. The number of hydrogen-bond acceptors (Lipinski definition) is 3. The molecule has 96 valence electrons. The summed E-state index contributed by atoms with van der Waals surface area (Å²) in [4.78, 5) is 4.35. The first-order valence-electron chi connectivity index (χ1n) is 5.93. The van der Waals surface area contributed by atoms with E-state index in [1.54, 1.807) is 0 Å². The number of halogens is 1. The molecule has 0 saturated heterocycles. The molecule has 1 unspecified atom stereocenters. The molecule has 0 aliphatic heterocycles. The minimum absolute atomic E-state index is 0.176. The van der Waals surface area contributed by atoms with E-state index in [1.807, 2.05) is 26.1 Å². The number of nitrogens with one attached hydrogen (secondary N) is 1. The summed E-state index contributed by atoms with van der Waals surface area (Å²) in [6, 6.07) is 4.28. The summed E-state index contributed by atoms with van der Waals surface area (Å²) in [5.74, 6) is 2.78. The summed E-state index contributed by atoms with van der Waals surface area (Å²) in [5, 5.41) is 3.39. The van der Waals surface area contributed by atoms with Crippen LogP contribution in [0, 0.1) is 20.8 Å². The zero-order valence-corrected chi connectivity index (χ0v) is 12.6. The van der Waals surface area contributed by atoms with Gasteiger partial charge in [0, 0.05) is 16.2 Å². The van der Waals surface area contributed by atoms with E-state index in [0.717, 1.165) is 21.8 Å². The van der Waals surface area contributed by atoms with Gasteiger partial charge >= 0.3 is 0 Å². The number of hydrogen-bond donors (Lipinski definition) is 1. The maximum absolute atomic E-state index is 5.55. The number of rotatable bonds is 3. The zero-order valence-electron chi connectivity index (χ0n) is 11.0. The van der Waals surface area contributed by atoms with Crippen molar-refractivity contribution in [2.24, 2.45) is 0 Å². The number of nitrogens with zero attached hydrogens (tertiary/aromatic N) is 1. The van der Waals surface area contributed by atoms with Gasteiger partial charge in [0.05, 0.1) is 6.04 Å². The average molecular weight is 309 g/mol. The van der Waals surface area contributed by atoms with Gasteiger partial charge in [0.25, 0.3) is 0 Å². The van der Waals surface area contributed by atoms with Crippen molar-refractivity contribution in [2.45, 2.75) is 33.7 Å². The van der Waals surface area contributed by atoms with Gasteiger partial charge in [0.1, 0.15) is 17.3 Å². The van der Waals surface area contributed by atoms with Crippen molar-refractivity contribution in [1.82, 2.24) is 4.98 Å². The fraction of sp³-hybridized carbons (Fsp3) is 0.357. The molecule has 0 aromatic carbocycles. The van der Waals surface area contributed by atoms with Crippen LogP contribution in [0.5, 0.6) is 0 Å². The maximum atomic E-state index is 5.55. The first kappa shape index (κ1) is 13.1. The Kier molecular flexibility index (Phi) is 3.76. The largest absolute Gasteiger partial charge is 0.466 e. The highest BCUT2D eigenvalue weighted by atomic mass is 79.9. The number of anilines is 1. The molecule has 0 aliphatic carbocycles. The molecule has 3 nitrogen and oxygen atoms in total. The Labute approximate surface area is 116 Å². The van der Waals surface area contributed by atoms with Crippen LogP contribution < -0.4 is 5.32 Å². The van der Waals surface area contributed by atoms with Crippen molar-refractivity contribution in [3.05, 3.63) is 45.4 Å². The fourth-order valence-corrected chi connectivity index (χ4v) is 2.22. The highest BCUT2D eigenvalue weighted by Crippen LogP contribution is 2.25. The molecule has 0 aliphatic rings. The summed E-state index contributed by atoms with van der Waals surface area (Å²) in [6.07, 6.45) is 1.82. The molecule has 0 spiro atoms. The molecule has 0 bridgehead atoms. The predicted octanol–water partition coefficient (Wildman–Crippen LogP) is 4.54. The van der Waals surface area contributed by atoms with E-state index in [-0.39, 0.29) is 6.04 Å². The van der Waals surface area contributed by atoms with Gasteiger partial charge in [-0.3, -0.25) is 0 Å². The molecule has 18 heavy (non-hydrogen) atoms. The number of pyridine rings is 1. The van der Waals surface area contributed by atoms with Gasteiger partial charge in [-0.05, 0) is 61.3 Å². The van der Waals surface area contributed by atoms with Gasteiger partial charge < -0.3 is 9.73 Å². The van der Waals surface area contributed by atoms with Crippen molar-refractivity contribution in [2.75, 3.05) is 5.32 Å². The topological polar surface area (TPSA) is 38.1 Å². The Morgan fingerprint density at radius 3 is 2.56 bits per heavy atom. The molecule has 2 heterocycles. The Morgan fingerprint density at radius 1 is 1.28 bits per heavy atom. The molecule has 0 fully saturated rings. The second kappa shape index (κ2) is 5.14. The van der Waals surface area contributed by atoms with Crippen LogP contribution in [0.1, 0.15) is 35.6 Å². The monoisotopic (exact) mass is 308 g/mol. The highest BCUT2D eigenvalue weighted by molar-refractivity contribution is 9.10. The van der Waals surface area contributed by atoms with Crippen molar-refractivity contribution in [1.29, 1.82) is 0 Å². The van der Waals surface area contributed by atoms with Gasteiger partial charge in [-0.25, -0.2) is 4.98 Å². The second-order valence-electron chi connectivity index (χ2n) is 4.55. The fourth-order valence-electron chi connectivity index (χ4n) is 2.00. The minimum atomic E-state index is 0.176. The Hall–Kier alpha value is -1.29. The third-order valence-corrected chi connectivity index (χ3v) is 3.79. The van der Waals surface area contributed by atoms with Crippen LogP contribution in [0.25, 0.3) is 0 Å². The predicted molar refractivity (Wildman–Crippen MR) is 76.9 cm³/mol. The van der Waals surface area contributed by atoms with E-state index in [9.17, 15) is 0 Å². The van der Waals surface area contributed by atoms with E-state index in [4.69, 9.17) is 4.42 Å². The number of furan rings is 1. The van der Waals surface area contributed by atoms with E-state index in [2.05, 4.69) is 46.1 Å². The first-order chi connectivity index (χ1) is 8.47. The third-order valence-electron chi connectivity index (χ3n) is 2.96.